The number of halogens is 1. The number of hydrogen-bond acceptors (Lipinski definition) is 3. The van der Waals surface area contributed by atoms with E-state index in [0.717, 1.165) is 0 Å². The second-order valence-corrected chi connectivity index (χ2v) is 4.23. The molecule has 0 spiro atoms. The van der Waals surface area contributed by atoms with Crippen LogP contribution in [-0.4, -0.2) is 19.6 Å². The van der Waals surface area contributed by atoms with E-state index < -0.39 is 0 Å². The van der Waals surface area contributed by atoms with E-state index in [-0.39, 0.29) is 11.7 Å². The molecule has 0 atom stereocenters. The zero-order valence-electron chi connectivity index (χ0n) is 11.9. The molecule has 21 heavy (non-hydrogen) atoms. The molecule has 0 heterocycles. The van der Waals surface area contributed by atoms with Crippen molar-refractivity contribution in [1.29, 1.82) is 0 Å². The molecule has 2 aromatic carbocycles. The van der Waals surface area contributed by atoms with Crippen LogP contribution in [0.25, 0.3) is 0 Å². The average molecular weight is 289 g/mol. The van der Waals surface area contributed by atoms with Gasteiger partial charge in [-0.3, -0.25) is 4.79 Å². The van der Waals surface area contributed by atoms with Crippen LogP contribution in [0, 0.1) is 5.82 Å². The molecule has 0 aliphatic heterocycles. The molecule has 2 aromatic rings. The van der Waals surface area contributed by atoms with Gasteiger partial charge in [0.05, 0.1) is 19.3 Å². The molecule has 0 unspecified atom stereocenters. The Kier molecular flexibility index (Phi) is 4.77. The Hall–Kier alpha value is -2.56. The van der Waals surface area contributed by atoms with E-state index in [4.69, 9.17) is 9.47 Å². The summed E-state index contributed by atoms with van der Waals surface area (Å²) in [7, 11) is 1.51. The second-order valence-electron chi connectivity index (χ2n) is 4.23. The van der Waals surface area contributed by atoms with Gasteiger partial charge in [0.15, 0.2) is 11.5 Å². The molecule has 0 fully saturated rings. The van der Waals surface area contributed by atoms with Gasteiger partial charge in [-0.05, 0) is 43.3 Å². The normalized spacial score (nSPS) is 10.0. The number of para-hydroxylation sites is 1. The van der Waals surface area contributed by atoms with Crippen LogP contribution in [0.4, 0.5) is 10.1 Å². The molecule has 1 N–H and O–H groups in total. The van der Waals surface area contributed by atoms with E-state index in [1.807, 2.05) is 6.92 Å². The largest absolute Gasteiger partial charge is 0.493 e. The van der Waals surface area contributed by atoms with Gasteiger partial charge in [-0.1, -0.05) is 6.07 Å². The van der Waals surface area contributed by atoms with E-state index >= 15 is 0 Å². The molecule has 0 saturated heterocycles. The van der Waals surface area contributed by atoms with Gasteiger partial charge in [-0.25, -0.2) is 4.39 Å². The summed E-state index contributed by atoms with van der Waals surface area (Å²) in [5.41, 5.74) is 0.868. The molecule has 0 saturated carbocycles. The van der Waals surface area contributed by atoms with Gasteiger partial charge in [0.1, 0.15) is 5.82 Å². The molecular formula is C16H16FNO3. The minimum atomic E-state index is -0.357. The zero-order valence-corrected chi connectivity index (χ0v) is 11.9. The Labute approximate surface area is 122 Å². The molecular weight excluding hydrogens is 273 g/mol. The van der Waals surface area contributed by atoms with E-state index in [9.17, 15) is 9.18 Å². The van der Waals surface area contributed by atoms with Crippen LogP contribution in [0.3, 0.4) is 0 Å². The minimum Gasteiger partial charge on any atom is -0.493 e. The van der Waals surface area contributed by atoms with Crippen LogP contribution in [0.5, 0.6) is 11.5 Å². The number of carbonyl (C=O) groups excluding carboxylic acids is 1. The molecule has 0 aliphatic carbocycles. The van der Waals surface area contributed by atoms with Crippen LogP contribution in [0.15, 0.2) is 42.5 Å². The summed E-state index contributed by atoms with van der Waals surface area (Å²) in [5.74, 6) is 0.180. The first-order valence-corrected chi connectivity index (χ1v) is 6.52. The number of benzene rings is 2. The molecule has 0 radical (unpaired) electrons. The van der Waals surface area contributed by atoms with Crippen molar-refractivity contribution in [3.05, 3.63) is 53.8 Å². The van der Waals surface area contributed by atoms with Crippen molar-refractivity contribution in [3.63, 3.8) is 0 Å². The highest BCUT2D eigenvalue weighted by Gasteiger charge is 2.16. The average Bonchev–Trinajstić information content (AvgIpc) is 2.50. The molecule has 110 valence electrons. The third-order valence-electron chi connectivity index (χ3n) is 2.83. The van der Waals surface area contributed by atoms with E-state index in [1.54, 1.807) is 18.2 Å². The summed E-state index contributed by atoms with van der Waals surface area (Å²) in [5, 5.41) is 2.69. The summed E-state index contributed by atoms with van der Waals surface area (Å²) < 4.78 is 23.6. The standard InChI is InChI=1S/C16H16FNO3/c1-3-21-15-13(5-4-6-14(15)20-2)16(19)18-12-9-7-11(17)8-10-12/h4-10H,3H2,1-2H3,(H,18,19). The monoisotopic (exact) mass is 289 g/mol. The Morgan fingerprint density at radius 2 is 1.90 bits per heavy atom. The Morgan fingerprint density at radius 1 is 1.19 bits per heavy atom. The molecule has 2 rings (SSSR count). The van der Waals surface area contributed by atoms with Crippen LogP contribution >= 0.6 is 0 Å². The van der Waals surface area contributed by atoms with Gasteiger partial charge in [-0.2, -0.15) is 0 Å². The fourth-order valence-corrected chi connectivity index (χ4v) is 1.88. The highest BCUT2D eigenvalue weighted by atomic mass is 19.1. The van der Waals surface area contributed by atoms with Crippen molar-refractivity contribution in [2.45, 2.75) is 6.92 Å². The number of ether oxygens (including phenoxy) is 2. The number of methoxy groups -OCH3 is 1. The maximum atomic E-state index is 12.9. The number of nitrogens with one attached hydrogen (secondary N) is 1. The smallest absolute Gasteiger partial charge is 0.259 e. The lowest BCUT2D eigenvalue weighted by Gasteiger charge is -2.14. The second kappa shape index (κ2) is 6.74. The van der Waals surface area contributed by atoms with Gasteiger partial charge in [-0.15, -0.1) is 0 Å². The number of hydrogen-bond donors (Lipinski definition) is 1. The summed E-state index contributed by atoms with van der Waals surface area (Å²) in [6.45, 7) is 2.24. The summed E-state index contributed by atoms with van der Waals surface area (Å²) >= 11 is 0. The van der Waals surface area contributed by atoms with Gasteiger partial charge in [0.2, 0.25) is 0 Å². The van der Waals surface area contributed by atoms with Gasteiger partial charge in [0, 0.05) is 5.69 Å². The van der Waals surface area contributed by atoms with Crippen LogP contribution in [0.1, 0.15) is 17.3 Å². The molecule has 0 bridgehead atoms. The van der Waals surface area contributed by atoms with Crippen LogP contribution in [0.2, 0.25) is 0 Å². The molecule has 1 amide bonds. The predicted molar refractivity (Wildman–Crippen MR) is 78.5 cm³/mol. The van der Waals surface area contributed by atoms with Crippen LogP contribution in [-0.2, 0) is 0 Å². The first kappa shape index (κ1) is 14.8. The molecule has 0 aliphatic rings. The van der Waals surface area contributed by atoms with Crippen LogP contribution < -0.4 is 14.8 Å². The lowest BCUT2D eigenvalue weighted by atomic mass is 10.1. The Bertz CT molecular complexity index is 626. The van der Waals surface area contributed by atoms with Gasteiger partial charge < -0.3 is 14.8 Å². The third-order valence-corrected chi connectivity index (χ3v) is 2.83. The fraction of sp³-hybridized carbons (Fsp3) is 0.188. The zero-order chi connectivity index (χ0) is 15.2. The van der Waals surface area contributed by atoms with E-state index in [0.29, 0.717) is 29.4 Å². The predicted octanol–water partition coefficient (Wildman–Crippen LogP) is 3.49. The highest BCUT2D eigenvalue weighted by molar-refractivity contribution is 6.06. The topological polar surface area (TPSA) is 47.6 Å². The van der Waals surface area contributed by atoms with Gasteiger partial charge >= 0.3 is 0 Å². The molecule has 5 heteroatoms. The van der Waals surface area contributed by atoms with Crippen molar-refractivity contribution in [3.8, 4) is 11.5 Å². The maximum Gasteiger partial charge on any atom is 0.259 e. The van der Waals surface area contributed by atoms with Crippen molar-refractivity contribution < 1.29 is 18.7 Å². The first-order chi connectivity index (χ1) is 10.2. The lowest BCUT2D eigenvalue weighted by molar-refractivity contribution is 0.102. The summed E-state index contributed by atoms with van der Waals surface area (Å²) in [4.78, 5) is 12.3. The SMILES string of the molecule is CCOc1c(OC)cccc1C(=O)Nc1ccc(F)cc1. The Morgan fingerprint density at radius 3 is 2.52 bits per heavy atom. The number of carbonyl (C=O) groups is 1. The van der Waals surface area contributed by atoms with E-state index in [2.05, 4.69) is 5.32 Å². The molecule has 0 aromatic heterocycles. The van der Waals surface area contributed by atoms with Crippen molar-refractivity contribution in [1.82, 2.24) is 0 Å². The number of anilines is 1. The van der Waals surface area contributed by atoms with Crippen molar-refractivity contribution in [2.24, 2.45) is 0 Å². The minimum absolute atomic E-state index is 0.344. The lowest BCUT2D eigenvalue weighted by Crippen LogP contribution is -2.14. The highest BCUT2D eigenvalue weighted by Crippen LogP contribution is 2.31. The first-order valence-electron chi connectivity index (χ1n) is 6.52. The number of rotatable bonds is 5. The molecule has 4 nitrogen and oxygen atoms in total. The fourth-order valence-electron chi connectivity index (χ4n) is 1.88. The van der Waals surface area contributed by atoms with Crippen molar-refractivity contribution in [2.75, 3.05) is 19.0 Å². The third kappa shape index (κ3) is 3.51. The summed E-state index contributed by atoms with van der Waals surface area (Å²) in [6, 6.07) is 10.6. The van der Waals surface area contributed by atoms with Gasteiger partial charge in [0.25, 0.3) is 5.91 Å². The quantitative estimate of drug-likeness (QED) is 0.916. The van der Waals surface area contributed by atoms with E-state index in [1.165, 1.54) is 31.4 Å². The number of amides is 1. The van der Waals surface area contributed by atoms with Crippen molar-refractivity contribution >= 4 is 11.6 Å². The Balaban J connectivity index is 2.28. The summed E-state index contributed by atoms with van der Waals surface area (Å²) in [6.07, 6.45) is 0. The maximum absolute atomic E-state index is 12.9.